The Morgan fingerprint density at radius 3 is 2.93 bits per heavy atom. The summed E-state index contributed by atoms with van der Waals surface area (Å²) < 4.78 is 0. The molecule has 0 spiro atoms. The molecular formula is C9H12N4S. The van der Waals surface area contributed by atoms with E-state index >= 15 is 0 Å². The maximum atomic E-state index is 4.35. The number of rotatable bonds is 3. The summed E-state index contributed by atoms with van der Waals surface area (Å²) in [4.78, 5) is 11.6. The molecule has 0 aromatic carbocycles. The third-order valence-electron chi connectivity index (χ3n) is 1.78. The van der Waals surface area contributed by atoms with E-state index in [9.17, 15) is 0 Å². The van der Waals surface area contributed by atoms with Crippen LogP contribution in [0.4, 0.5) is 5.95 Å². The molecule has 2 heterocycles. The van der Waals surface area contributed by atoms with Crippen molar-refractivity contribution in [1.29, 1.82) is 0 Å². The van der Waals surface area contributed by atoms with E-state index in [0.29, 0.717) is 0 Å². The number of thiazole rings is 1. The Labute approximate surface area is 86.4 Å². The fourth-order valence-corrected chi connectivity index (χ4v) is 1.86. The number of aromatic amines is 1. The summed E-state index contributed by atoms with van der Waals surface area (Å²) in [5.41, 5.74) is 2.13. The molecule has 74 valence electrons. The number of nitrogens with one attached hydrogen (secondary N) is 2. The molecule has 0 atom stereocenters. The number of H-pyrrole nitrogens is 1. The van der Waals surface area contributed by atoms with Crippen molar-refractivity contribution in [3.05, 3.63) is 28.0 Å². The fourth-order valence-electron chi connectivity index (χ4n) is 1.15. The number of imidazole rings is 1. The van der Waals surface area contributed by atoms with Gasteiger partial charge in [0.2, 0.25) is 5.95 Å². The Bertz CT molecular complexity index is 378. The number of aromatic nitrogens is 3. The van der Waals surface area contributed by atoms with Gasteiger partial charge < -0.3 is 10.3 Å². The first kappa shape index (κ1) is 9.21. The monoisotopic (exact) mass is 208 g/mol. The molecule has 0 radical (unpaired) electrons. The van der Waals surface area contributed by atoms with Crippen LogP contribution in [0.15, 0.2) is 11.6 Å². The van der Waals surface area contributed by atoms with Crippen molar-refractivity contribution in [3.8, 4) is 0 Å². The standard InChI is InChI=1S/C9H12N4S/c1-6-3-10-9(13-6)11-4-8-12-7(2)5-14-8/h3,5H,4H2,1-2H3,(H2,10,11,13). The minimum Gasteiger partial charge on any atom is -0.349 e. The first-order chi connectivity index (χ1) is 6.74. The molecule has 0 unspecified atom stereocenters. The SMILES string of the molecule is Cc1csc(CNc2ncc(C)[nH]2)n1. The number of nitrogens with zero attached hydrogens (tertiary/aromatic N) is 2. The fraction of sp³-hybridized carbons (Fsp3) is 0.333. The molecule has 0 fully saturated rings. The Balaban J connectivity index is 1.94. The van der Waals surface area contributed by atoms with Crippen molar-refractivity contribution in [2.45, 2.75) is 20.4 Å². The van der Waals surface area contributed by atoms with Crippen LogP contribution in [-0.2, 0) is 6.54 Å². The van der Waals surface area contributed by atoms with E-state index in [1.54, 1.807) is 17.5 Å². The van der Waals surface area contributed by atoms with E-state index in [1.165, 1.54) is 0 Å². The van der Waals surface area contributed by atoms with E-state index < -0.39 is 0 Å². The maximum absolute atomic E-state index is 4.35. The highest BCUT2D eigenvalue weighted by Crippen LogP contribution is 2.10. The molecule has 4 nitrogen and oxygen atoms in total. The van der Waals surface area contributed by atoms with Crippen LogP contribution in [0.2, 0.25) is 0 Å². The van der Waals surface area contributed by atoms with Crippen molar-refractivity contribution >= 4 is 17.3 Å². The summed E-state index contributed by atoms with van der Waals surface area (Å²) in [7, 11) is 0. The second-order valence-electron chi connectivity index (χ2n) is 3.15. The molecule has 0 bridgehead atoms. The Morgan fingerprint density at radius 2 is 2.36 bits per heavy atom. The third kappa shape index (κ3) is 2.11. The summed E-state index contributed by atoms with van der Waals surface area (Å²) in [6.07, 6.45) is 1.80. The molecule has 0 saturated heterocycles. The lowest BCUT2D eigenvalue weighted by Crippen LogP contribution is -2.00. The minimum atomic E-state index is 0.728. The van der Waals surface area contributed by atoms with Crippen LogP contribution in [0.5, 0.6) is 0 Å². The Kier molecular flexibility index (Phi) is 2.49. The van der Waals surface area contributed by atoms with Crippen LogP contribution in [0.25, 0.3) is 0 Å². The van der Waals surface area contributed by atoms with Gasteiger partial charge in [0.1, 0.15) is 5.01 Å². The highest BCUT2D eigenvalue weighted by atomic mass is 32.1. The van der Waals surface area contributed by atoms with Gasteiger partial charge in [-0.1, -0.05) is 0 Å². The lowest BCUT2D eigenvalue weighted by atomic mass is 10.6. The lowest BCUT2D eigenvalue weighted by Gasteiger charge is -1.98. The molecule has 2 rings (SSSR count). The number of hydrogen-bond donors (Lipinski definition) is 2. The number of aryl methyl sites for hydroxylation is 2. The number of anilines is 1. The highest BCUT2D eigenvalue weighted by Gasteiger charge is 2.00. The Hall–Kier alpha value is -1.36. The first-order valence-corrected chi connectivity index (χ1v) is 5.28. The normalized spacial score (nSPS) is 10.4. The Morgan fingerprint density at radius 1 is 1.50 bits per heavy atom. The summed E-state index contributed by atoms with van der Waals surface area (Å²) >= 11 is 1.66. The van der Waals surface area contributed by atoms with Crippen molar-refractivity contribution in [3.63, 3.8) is 0 Å². The van der Waals surface area contributed by atoms with Crippen molar-refractivity contribution in [2.24, 2.45) is 0 Å². The molecule has 2 aromatic heterocycles. The molecule has 5 heteroatoms. The largest absolute Gasteiger partial charge is 0.349 e. The second-order valence-corrected chi connectivity index (χ2v) is 4.09. The van der Waals surface area contributed by atoms with Crippen LogP contribution in [0.3, 0.4) is 0 Å². The number of hydrogen-bond acceptors (Lipinski definition) is 4. The molecule has 0 saturated carbocycles. The van der Waals surface area contributed by atoms with E-state index in [4.69, 9.17) is 0 Å². The van der Waals surface area contributed by atoms with Gasteiger partial charge in [-0.15, -0.1) is 11.3 Å². The van der Waals surface area contributed by atoms with Gasteiger partial charge in [0.15, 0.2) is 0 Å². The summed E-state index contributed by atoms with van der Waals surface area (Å²) in [6.45, 7) is 4.70. The molecule has 14 heavy (non-hydrogen) atoms. The van der Waals surface area contributed by atoms with Gasteiger partial charge in [0.05, 0.1) is 6.54 Å². The van der Waals surface area contributed by atoms with Gasteiger partial charge in [-0.25, -0.2) is 9.97 Å². The van der Waals surface area contributed by atoms with Gasteiger partial charge >= 0.3 is 0 Å². The van der Waals surface area contributed by atoms with Crippen molar-refractivity contribution in [1.82, 2.24) is 15.0 Å². The molecule has 0 amide bonds. The molecule has 0 aliphatic heterocycles. The van der Waals surface area contributed by atoms with Crippen molar-refractivity contribution < 1.29 is 0 Å². The van der Waals surface area contributed by atoms with Gasteiger partial charge in [0.25, 0.3) is 0 Å². The smallest absolute Gasteiger partial charge is 0.200 e. The van der Waals surface area contributed by atoms with Crippen LogP contribution in [-0.4, -0.2) is 15.0 Å². The zero-order valence-electron chi connectivity index (χ0n) is 8.16. The lowest BCUT2D eigenvalue weighted by molar-refractivity contribution is 1.04. The first-order valence-electron chi connectivity index (χ1n) is 4.40. The van der Waals surface area contributed by atoms with E-state index in [-0.39, 0.29) is 0 Å². The zero-order valence-corrected chi connectivity index (χ0v) is 8.98. The van der Waals surface area contributed by atoms with Crippen LogP contribution in [0.1, 0.15) is 16.4 Å². The minimum absolute atomic E-state index is 0.728. The van der Waals surface area contributed by atoms with Crippen LogP contribution < -0.4 is 5.32 Å². The maximum Gasteiger partial charge on any atom is 0.200 e. The van der Waals surface area contributed by atoms with Crippen molar-refractivity contribution in [2.75, 3.05) is 5.32 Å². The van der Waals surface area contributed by atoms with E-state index in [0.717, 1.165) is 28.9 Å². The summed E-state index contributed by atoms with van der Waals surface area (Å²) in [5.74, 6) is 0.801. The van der Waals surface area contributed by atoms with Crippen LogP contribution in [0, 0.1) is 13.8 Å². The summed E-state index contributed by atoms with van der Waals surface area (Å²) in [6, 6.07) is 0. The molecular weight excluding hydrogens is 196 g/mol. The zero-order chi connectivity index (χ0) is 9.97. The predicted octanol–water partition coefficient (Wildman–Crippen LogP) is 2.10. The topological polar surface area (TPSA) is 53.6 Å². The van der Waals surface area contributed by atoms with E-state index in [2.05, 4.69) is 20.3 Å². The molecule has 0 aliphatic rings. The second kappa shape index (κ2) is 3.79. The average molecular weight is 208 g/mol. The molecule has 0 aliphatic carbocycles. The predicted molar refractivity (Wildman–Crippen MR) is 57.5 cm³/mol. The van der Waals surface area contributed by atoms with Gasteiger partial charge in [0, 0.05) is 23.0 Å². The van der Waals surface area contributed by atoms with E-state index in [1.807, 2.05) is 19.2 Å². The third-order valence-corrected chi connectivity index (χ3v) is 2.74. The molecule has 2 N–H and O–H groups in total. The molecule has 2 aromatic rings. The van der Waals surface area contributed by atoms with Gasteiger partial charge in [-0.3, -0.25) is 0 Å². The quantitative estimate of drug-likeness (QED) is 0.812. The van der Waals surface area contributed by atoms with Gasteiger partial charge in [-0.05, 0) is 13.8 Å². The average Bonchev–Trinajstić information content (AvgIpc) is 2.72. The summed E-state index contributed by atoms with van der Waals surface area (Å²) in [5, 5.41) is 6.30. The van der Waals surface area contributed by atoms with Crippen LogP contribution >= 0.6 is 11.3 Å². The highest BCUT2D eigenvalue weighted by molar-refractivity contribution is 7.09. The van der Waals surface area contributed by atoms with Gasteiger partial charge in [-0.2, -0.15) is 0 Å².